The molecule has 0 amide bonds. The largest absolute Gasteiger partial charge is 0.434 e. The molecule has 4 aromatic rings. The lowest BCUT2D eigenvalue weighted by Crippen LogP contribution is -2.03. The van der Waals surface area contributed by atoms with Crippen LogP contribution in [0.15, 0.2) is 59.3 Å². The SMILES string of the molecule is O=[N+]([O-])c1c(Nc2nc3ccccc3s2)ncnc1Oc1ccc(Br)cc1. The standard InChI is InChI=1S/C17H10BrN5O3S/c18-10-5-7-11(8-6-10)26-16-14(23(24)25)15(19-9-20-16)22-17-21-12-3-1-2-4-13(12)27-17/h1-9H,(H,19,20,21,22). The predicted molar refractivity (Wildman–Crippen MR) is 106 cm³/mol. The van der Waals surface area contributed by atoms with Crippen LogP contribution in [0.25, 0.3) is 10.2 Å². The molecular weight excluding hydrogens is 434 g/mol. The molecular formula is C17H10BrN5O3S. The number of aromatic nitrogens is 3. The quantitative estimate of drug-likeness (QED) is 0.329. The van der Waals surface area contributed by atoms with Crippen LogP contribution in [0.5, 0.6) is 11.6 Å². The van der Waals surface area contributed by atoms with Crippen LogP contribution in [0.2, 0.25) is 0 Å². The first-order valence-electron chi connectivity index (χ1n) is 7.65. The zero-order chi connectivity index (χ0) is 18.8. The molecule has 4 rings (SSSR count). The predicted octanol–water partition coefficient (Wildman–Crippen LogP) is 5.29. The van der Waals surface area contributed by atoms with Gasteiger partial charge in [0, 0.05) is 4.47 Å². The maximum absolute atomic E-state index is 11.6. The van der Waals surface area contributed by atoms with E-state index in [9.17, 15) is 10.1 Å². The van der Waals surface area contributed by atoms with Crippen LogP contribution in [0.4, 0.5) is 16.6 Å². The number of rotatable bonds is 5. The van der Waals surface area contributed by atoms with E-state index in [0.717, 1.165) is 14.7 Å². The first-order valence-corrected chi connectivity index (χ1v) is 9.26. The van der Waals surface area contributed by atoms with Crippen LogP contribution in [-0.4, -0.2) is 19.9 Å². The maximum atomic E-state index is 11.6. The Bertz CT molecular complexity index is 1100. The third kappa shape index (κ3) is 3.71. The van der Waals surface area contributed by atoms with Crippen LogP contribution in [-0.2, 0) is 0 Å². The summed E-state index contributed by atoms with van der Waals surface area (Å²) in [6, 6.07) is 14.5. The summed E-state index contributed by atoms with van der Waals surface area (Å²) in [6.45, 7) is 0. The minimum atomic E-state index is -0.580. The van der Waals surface area contributed by atoms with E-state index < -0.39 is 4.92 Å². The fourth-order valence-corrected chi connectivity index (χ4v) is 3.46. The van der Waals surface area contributed by atoms with E-state index in [2.05, 4.69) is 36.2 Å². The van der Waals surface area contributed by atoms with E-state index in [1.54, 1.807) is 24.3 Å². The first-order chi connectivity index (χ1) is 13.1. The molecule has 2 aromatic carbocycles. The average molecular weight is 444 g/mol. The number of nitrogens with one attached hydrogen (secondary N) is 1. The smallest absolute Gasteiger partial charge is 0.373 e. The van der Waals surface area contributed by atoms with E-state index >= 15 is 0 Å². The van der Waals surface area contributed by atoms with Gasteiger partial charge in [0.05, 0.1) is 15.1 Å². The third-order valence-corrected chi connectivity index (χ3v) is 5.00. The second kappa shape index (κ2) is 7.25. The summed E-state index contributed by atoms with van der Waals surface area (Å²) in [5.74, 6) is 0.285. The van der Waals surface area contributed by atoms with Crippen molar-refractivity contribution in [3.8, 4) is 11.6 Å². The van der Waals surface area contributed by atoms with Crippen molar-refractivity contribution in [2.24, 2.45) is 0 Å². The Kier molecular flexibility index (Phi) is 4.65. The number of nitro groups is 1. The molecule has 0 saturated heterocycles. The zero-order valence-corrected chi connectivity index (χ0v) is 15.9. The molecule has 8 nitrogen and oxygen atoms in total. The summed E-state index contributed by atoms with van der Waals surface area (Å²) in [5, 5.41) is 15.0. The molecule has 0 unspecified atom stereocenters. The molecule has 0 atom stereocenters. The number of benzene rings is 2. The summed E-state index contributed by atoms with van der Waals surface area (Å²) >= 11 is 4.70. The van der Waals surface area contributed by atoms with Gasteiger partial charge in [-0.2, -0.15) is 4.98 Å². The fraction of sp³-hybridized carbons (Fsp3) is 0. The van der Waals surface area contributed by atoms with Gasteiger partial charge in [0.1, 0.15) is 12.1 Å². The molecule has 0 bridgehead atoms. The number of hydrogen-bond donors (Lipinski definition) is 1. The van der Waals surface area contributed by atoms with Crippen LogP contribution in [0, 0.1) is 10.1 Å². The van der Waals surface area contributed by atoms with Gasteiger partial charge in [0.25, 0.3) is 0 Å². The number of nitrogens with zero attached hydrogens (tertiary/aromatic N) is 4. The Hall–Kier alpha value is -3.11. The number of anilines is 2. The van der Waals surface area contributed by atoms with Crippen molar-refractivity contribution in [2.45, 2.75) is 0 Å². The van der Waals surface area contributed by atoms with Crippen LogP contribution < -0.4 is 10.1 Å². The lowest BCUT2D eigenvalue weighted by Gasteiger charge is -2.08. The van der Waals surface area contributed by atoms with Crippen LogP contribution in [0.1, 0.15) is 0 Å². The van der Waals surface area contributed by atoms with Gasteiger partial charge in [-0.3, -0.25) is 10.1 Å². The van der Waals surface area contributed by atoms with Crippen molar-refractivity contribution < 1.29 is 9.66 Å². The molecule has 1 N–H and O–H groups in total. The molecule has 0 aliphatic carbocycles. The topological polar surface area (TPSA) is 103 Å². The number of hydrogen-bond acceptors (Lipinski definition) is 8. The number of para-hydroxylation sites is 1. The van der Waals surface area contributed by atoms with E-state index in [1.807, 2.05) is 24.3 Å². The minimum Gasteiger partial charge on any atom is -0.434 e. The lowest BCUT2D eigenvalue weighted by molar-refractivity contribution is -0.385. The Morgan fingerprint density at radius 1 is 1.11 bits per heavy atom. The van der Waals surface area contributed by atoms with Gasteiger partial charge in [-0.15, -0.1) is 0 Å². The highest BCUT2D eigenvalue weighted by Gasteiger charge is 2.26. The Balaban J connectivity index is 1.69. The Morgan fingerprint density at radius 2 is 1.89 bits per heavy atom. The normalized spacial score (nSPS) is 10.7. The van der Waals surface area contributed by atoms with Crippen molar-refractivity contribution in [1.29, 1.82) is 0 Å². The van der Waals surface area contributed by atoms with Crippen molar-refractivity contribution in [2.75, 3.05) is 5.32 Å². The van der Waals surface area contributed by atoms with Gasteiger partial charge in [0.15, 0.2) is 5.13 Å². The maximum Gasteiger partial charge on any atom is 0.373 e. The Labute approximate surface area is 165 Å². The number of thiazole rings is 1. The first kappa shape index (κ1) is 17.3. The summed E-state index contributed by atoms with van der Waals surface area (Å²) in [7, 11) is 0. The third-order valence-electron chi connectivity index (χ3n) is 3.52. The monoisotopic (exact) mass is 443 g/mol. The lowest BCUT2D eigenvalue weighted by atomic mass is 10.3. The summed E-state index contributed by atoms with van der Waals surface area (Å²) in [5.41, 5.74) is 0.438. The molecule has 0 fully saturated rings. The van der Waals surface area contributed by atoms with Crippen molar-refractivity contribution in [3.05, 3.63) is 69.4 Å². The molecule has 0 aliphatic heterocycles. The van der Waals surface area contributed by atoms with Crippen LogP contribution >= 0.6 is 27.3 Å². The molecule has 0 spiro atoms. The number of halogens is 1. The van der Waals surface area contributed by atoms with Gasteiger partial charge in [-0.1, -0.05) is 39.4 Å². The average Bonchev–Trinajstić information content (AvgIpc) is 3.06. The highest BCUT2D eigenvalue weighted by Crippen LogP contribution is 2.37. The molecule has 0 aliphatic rings. The molecule has 27 heavy (non-hydrogen) atoms. The highest BCUT2D eigenvalue weighted by molar-refractivity contribution is 9.10. The second-order valence-electron chi connectivity index (χ2n) is 5.30. The van der Waals surface area contributed by atoms with Gasteiger partial charge in [-0.25, -0.2) is 9.97 Å². The zero-order valence-electron chi connectivity index (χ0n) is 13.5. The van der Waals surface area contributed by atoms with E-state index in [0.29, 0.717) is 10.9 Å². The second-order valence-corrected chi connectivity index (χ2v) is 7.25. The Morgan fingerprint density at radius 3 is 2.63 bits per heavy atom. The summed E-state index contributed by atoms with van der Waals surface area (Å²) in [6.07, 6.45) is 1.21. The highest BCUT2D eigenvalue weighted by atomic mass is 79.9. The van der Waals surface area contributed by atoms with Gasteiger partial charge in [0.2, 0.25) is 5.82 Å². The van der Waals surface area contributed by atoms with E-state index in [-0.39, 0.29) is 17.4 Å². The molecule has 2 heterocycles. The fourth-order valence-electron chi connectivity index (χ4n) is 2.33. The minimum absolute atomic E-state index is 0.0150. The van der Waals surface area contributed by atoms with E-state index in [4.69, 9.17) is 4.74 Å². The summed E-state index contributed by atoms with van der Waals surface area (Å²) < 4.78 is 7.42. The van der Waals surface area contributed by atoms with Crippen LogP contribution in [0.3, 0.4) is 0 Å². The van der Waals surface area contributed by atoms with Crippen molar-refractivity contribution in [1.82, 2.24) is 15.0 Å². The molecule has 0 saturated carbocycles. The summed E-state index contributed by atoms with van der Waals surface area (Å²) in [4.78, 5) is 23.4. The molecule has 2 aromatic heterocycles. The van der Waals surface area contributed by atoms with Crippen molar-refractivity contribution >= 4 is 54.1 Å². The number of fused-ring (bicyclic) bond motifs is 1. The van der Waals surface area contributed by atoms with E-state index in [1.165, 1.54) is 17.7 Å². The molecule has 0 radical (unpaired) electrons. The van der Waals surface area contributed by atoms with Crippen molar-refractivity contribution in [3.63, 3.8) is 0 Å². The number of ether oxygens (including phenoxy) is 1. The molecule has 134 valence electrons. The molecule has 10 heteroatoms. The van der Waals surface area contributed by atoms with Gasteiger partial charge in [-0.05, 0) is 36.4 Å². The van der Waals surface area contributed by atoms with Gasteiger partial charge >= 0.3 is 11.6 Å². The van der Waals surface area contributed by atoms with Gasteiger partial charge < -0.3 is 10.1 Å².